The van der Waals surface area contributed by atoms with Gasteiger partial charge in [-0.3, -0.25) is 4.79 Å². The fourth-order valence-corrected chi connectivity index (χ4v) is 3.85. The molecule has 1 amide bonds. The number of carbonyl (C=O) groups is 2. The highest BCUT2D eigenvalue weighted by molar-refractivity contribution is 7.08. The Balaban J connectivity index is 1.57. The van der Waals surface area contributed by atoms with Crippen LogP contribution >= 0.6 is 11.3 Å². The summed E-state index contributed by atoms with van der Waals surface area (Å²) in [5.41, 5.74) is 0.0140. The quantitative estimate of drug-likeness (QED) is 0.745. The Kier molecular flexibility index (Phi) is 6.03. The smallest absolute Gasteiger partial charge is 0.331 e. The minimum atomic E-state index is -0.887. The number of hydrogen-bond donors (Lipinski definition) is 1. The Bertz CT molecular complexity index is 735. The fourth-order valence-electron chi connectivity index (χ4n) is 3.22. The zero-order valence-electron chi connectivity index (χ0n) is 14.8. The van der Waals surface area contributed by atoms with E-state index in [1.807, 2.05) is 16.8 Å². The highest BCUT2D eigenvalue weighted by Gasteiger charge is 2.42. The molecule has 8 heteroatoms. The first-order valence-electron chi connectivity index (χ1n) is 8.96. The molecule has 0 radical (unpaired) electrons. The van der Waals surface area contributed by atoms with Crippen LogP contribution in [-0.4, -0.2) is 34.2 Å². The third kappa shape index (κ3) is 4.30. The van der Waals surface area contributed by atoms with Crippen molar-refractivity contribution < 1.29 is 18.8 Å². The van der Waals surface area contributed by atoms with E-state index < -0.39 is 5.54 Å². The number of aryl methyl sites for hydroxylation is 1. The first kappa shape index (κ1) is 18.6. The summed E-state index contributed by atoms with van der Waals surface area (Å²) in [4.78, 5) is 29.1. The van der Waals surface area contributed by atoms with Crippen molar-refractivity contribution in [3.05, 3.63) is 22.7 Å². The summed E-state index contributed by atoms with van der Waals surface area (Å²) >= 11 is 1.56. The normalized spacial score (nSPS) is 16.2. The molecule has 0 aliphatic heterocycles. The van der Waals surface area contributed by atoms with Gasteiger partial charge < -0.3 is 14.6 Å². The van der Waals surface area contributed by atoms with Crippen LogP contribution in [0.3, 0.4) is 0 Å². The van der Waals surface area contributed by atoms with Gasteiger partial charge in [0.25, 0.3) is 0 Å². The minimum Gasteiger partial charge on any atom is -0.464 e. The number of carbonyl (C=O) groups excluding carboxylic acids is 2. The lowest BCUT2D eigenvalue weighted by molar-refractivity contribution is -0.155. The lowest BCUT2D eigenvalue weighted by atomic mass is 9.81. The second kappa shape index (κ2) is 8.44. The maximum Gasteiger partial charge on any atom is 0.331 e. The van der Waals surface area contributed by atoms with E-state index in [1.54, 1.807) is 18.3 Å². The van der Waals surface area contributed by atoms with Crippen LogP contribution in [0.2, 0.25) is 0 Å². The Hall–Kier alpha value is -2.22. The van der Waals surface area contributed by atoms with Gasteiger partial charge in [0.2, 0.25) is 17.6 Å². The molecule has 0 bridgehead atoms. The van der Waals surface area contributed by atoms with Crippen molar-refractivity contribution in [1.82, 2.24) is 15.5 Å². The molecule has 2 aromatic rings. The zero-order chi connectivity index (χ0) is 18.4. The molecule has 1 saturated carbocycles. The molecule has 0 spiro atoms. The highest BCUT2D eigenvalue weighted by atomic mass is 32.1. The van der Waals surface area contributed by atoms with Crippen LogP contribution in [-0.2, 0) is 20.7 Å². The number of esters is 1. The van der Waals surface area contributed by atoms with Gasteiger partial charge in [0.15, 0.2) is 0 Å². The van der Waals surface area contributed by atoms with Gasteiger partial charge >= 0.3 is 5.97 Å². The maximum absolute atomic E-state index is 12.4. The summed E-state index contributed by atoms with van der Waals surface area (Å²) in [5, 5.41) is 10.7. The number of aromatic nitrogens is 2. The average molecular weight is 377 g/mol. The van der Waals surface area contributed by atoms with Crippen LogP contribution < -0.4 is 5.32 Å². The average Bonchev–Trinajstić information content (AvgIpc) is 3.32. The largest absolute Gasteiger partial charge is 0.464 e. The van der Waals surface area contributed by atoms with E-state index in [9.17, 15) is 9.59 Å². The van der Waals surface area contributed by atoms with Crippen molar-refractivity contribution in [3.8, 4) is 11.4 Å². The monoisotopic (exact) mass is 377 g/mol. The van der Waals surface area contributed by atoms with Gasteiger partial charge in [0.05, 0.1) is 6.61 Å². The summed E-state index contributed by atoms with van der Waals surface area (Å²) < 4.78 is 10.4. The maximum atomic E-state index is 12.4. The molecule has 1 N–H and O–H groups in total. The van der Waals surface area contributed by atoms with Crippen LogP contribution in [0.15, 0.2) is 21.3 Å². The van der Waals surface area contributed by atoms with E-state index in [-0.39, 0.29) is 18.3 Å². The first-order valence-corrected chi connectivity index (χ1v) is 9.90. The molecule has 0 saturated heterocycles. The van der Waals surface area contributed by atoms with E-state index >= 15 is 0 Å². The van der Waals surface area contributed by atoms with Gasteiger partial charge in [-0.25, -0.2) is 4.79 Å². The summed E-state index contributed by atoms with van der Waals surface area (Å²) in [6, 6.07) is 1.91. The van der Waals surface area contributed by atoms with E-state index in [4.69, 9.17) is 9.26 Å². The number of nitrogens with one attached hydrogen (secondary N) is 1. The van der Waals surface area contributed by atoms with Crippen LogP contribution in [0.4, 0.5) is 0 Å². The second-order valence-electron chi connectivity index (χ2n) is 6.44. The molecular formula is C18H23N3O4S. The number of thiophene rings is 1. The molecule has 0 unspecified atom stereocenters. The molecule has 140 valence electrons. The summed E-state index contributed by atoms with van der Waals surface area (Å²) in [5.74, 6) is 0.410. The van der Waals surface area contributed by atoms with Gasteiger partial charge in [-0.05, 0) is 31.2 Å². The van der Waals surface area contributed by atoms with E-state index in [2.05, 4.69) is 15.5 Å². The summed E-state index contributed by atoms with van der Waals surface area (Å²) in [6.07, 6.45) is 4.67. The van der Waals surface area contributed by atoms with E-state index in [1.165, 1.54) is 0 Å². The molecule has 1 fully saturated rings. The second-order valence-corrected chi connectivity index (χ2v) is 7.22. The molecule has 0 atom stereocenters. The van der Waals surface area contributed by atoms with Gasteiger partial charge in [-0.1, -0.05) is 24.4 Å². The van der Waals surface area contributed by atoms with Crippen molar-refractivity contribution in [2.75, 3.05) is 6.61 Å². The van der Waals surface area contributed by atoms with Gasteiger partial charge in [0, 0.05) is 23.8 Å². The Labute approximate surface area is 156 Å². The van der Waals surface area contributed by atoms with Crippen LogP contribution in [0, 0.1) is 0 Å². The third-order valence-electron chi connectivity index (χ3n) is 4.57. The fraction of sp³-hybridized carbons (Fsp3) is 0.556. The Morgan fingerprint density at radius 3 is 2.85 bits per heavy atom. The van der Waals surface area contributed by atoms with Crippen LogP contribution in [0.1, 0.15) is 51.3 Å². The molecule has 0 aromatic carbocycles. The molecule has 2 aromatic heterocycles. The molecule has 3 rings (SSSR count). The standard InChI is InChI=1S/C18H23N3O4S/c1-2-24-17(23)18(9-4-3-5-10-18)20-14(22)6-7-15-19-16(21-25-15)13-8-11-26-12-13/h8,11-12H,2-7,9-10H2,1H3,(H,20,22). The Morgan fingerprint density at radius 2 is 2.15 bits per heavy atom. The molecule has 1 aliphatic rings. The predicted molar refractivity (Wildman–Crippen MR) is 96.5 cm³/mol. The SMILES string of the molecule is CCOC(=O)C1(NC(=O)CCc2nc(-c3ccsc3)no2)CCCCC1. The molecule has 2 heterocycles. The summed E-state index contributed by atoms with van der Waals surface area (Å²) in [6.45, 7) is 2.08. The minimum absolute atomic E-state index is 0.187. The number of amides is 1. The topological polar surface area (TPSA) is 94.3 Å². The lowest BCUT2D eigenvalue weighted by Gasteiger charge is -2.35. The van der Waals surface area contributed by atoms with Crippen molar-refractivity contribution in [2.45, 2.75) is 57.4 Å². The van der Waals surface area contributed by atoms with Crippen molar-refractivity contribution in [3.63, 3.8) is 0 Å². The summed E-state index contributed by atoms with van der Waals surface area (Å²) in [7, 11) is 0. The predicted octanol–water partition coefficient (Wildman–Crippen LogP) is 3.11. The lowest BCUT2D eigenvalue weighted by Crippen LogP contribution is -2.56. The zero-order valence-corrected chi connectivity index (χ0v) is 15.6. The highest BCUT2D eigenvalue weighted by Crippen LogP contribution is 2.29. The molecule has 1 aliphatic carbocycles. The molecule has 7 nitrogen and oxygen atoms in total. The molecular weight excluding hydrogens is 354 g/mol. The number of ether oxygens (including phenoxy) is 1. The van der Waals surface area contributed by atoms with Crippen LogP contribution in [0.5, 0.6) is 0 Å². The third-order valence-corrected chi connectivity index (χ3v) is 5.25. The van der Waals surface area contributed by atoms with Gasteiger partial charge in [-0.15, -0.1) is 0 Å². The van der Waals surface area contributed by atoms with Crippen molar-refractivity contribution >= 4 is 23.2 Å². The van der Waals surface area contributed by atoms with E-state index in [0.29, 0.717) is 37.6 Å². The van der Waals surface area contributed by atoms with E-state index in [0.717, 1.165) is 24.8 Å². The van der Waals surface area contributed by atoms with Crippen molar-refractivity contribution in [2.24, 2.45) is 0 Å². The molecule has 26 heavy (non-hydrogen) atoms. The number of rotatable bonds is 7. The first-order chi connectivity index (χ1) is 12.6. The number of hydrogen-bond acceptors (Lipinski definition) is 7. The van der Waals surface area contributed by atoms with Gasteiger partial charge in [-0.2, -0.15) is 16.3 Å². The van der Waals surface area contributed by atoms with Crippen molar-refractivity contribution in [1.29, 1.82) is 0 Å². The van der Waals surface area contributed by atoms with Gasteiger partial charge in [0.1, 0.15) is 5.54 Å². The number of nitrogens with zero attached hydrogens (tertiary/aromatic N) is 2. The van der Waals surface area contributed by atoms with Crippen LogP contribution in [0.25, 0.3) is 11.4 Å². The Morgan fingerprint density at radius 1 is 1.35 bits per heavy atom.